The van der Waals surface area contributed by atoms with Gasteiger partial charge in [0, 0.05) is 17.9 Å². The van der Waals surface area contributed by atoms with E-state index < -0.39 is 0 Å². The lowest BCUT2D eigenvalue weighted by atomic mass is 10.1. The Morgan fingerprint density at radius 2 is 1.85 bits per heavy atom. The van der Waals surface area contributed by atoms with Crippen LogP contribution in [0, 0.1) is 13.8 Å². The topological polar surface area (TPSA) is 53.9 Å². The molecule has 0 aliphatic carbocycles. The van der Waals surface area contributed by atoms with Crippen molar-refractivity contribution in [2.24, 2.45) is 0 Å². The first-order valence-corrected chi connectivity index (χ1v) is 9.01. The molecule has 5 nitrogen and oxygen atoms in total. The van der Waals surface area contributed by atoms with Crippen molar-refractivity contribution in [1.29, 1.82) is 0 Å². The molecule has 134 valence electrons. The van der Waals surface area contributed by atoms with Crippen LogP contribution in [0.25, 0.3) is 0 Å². The number of hydrogen-bond donors (Lipinski definition) is 1. The first-order valence-electron chi connectivity index (χ1n) is 9.01. The third-order valence-electron chi connectivity index (χ3n) is 4.41. The molecule has 26 heavy (non-hydrogen) atoms. The summed E-state index contributed by atoms with van der Waals surface area (Å²) < 4.78 is 0. The van der Waals surface area contributed by atoms with E-state index in [2.05, 4.69) is 84.5 Å². The number of hydrogen-bond acceptors (Lipinski definition) is 5. The van der Waals surface area contributed by atoms with E-state index in [1.165, 1.54) is 16.7 Å². The van der Waals surface area contributed by atoms with Crippen molar-refractivity contribution in [3.05, 3.63) is 65.4 Å². The Morgan fingerprint density at radius 1 is 1.04 bits per heavy atom. The normalized spacial score (nSPS) is 10.6. The zero-order valence-electron chi connectivity index (χ0n) is 15.8. The number of rotatable bonds is 6. The fourth-order valence-corrected chi connectivity index (χ4v) is 3.03. The molecule has 0 bridgehead atoms. The molecule has 0 radical (unpaired) electrons. The van der Waals surface area contributed by atoms with E-state index in [0.29, 0.717) is 11.8 Å². The van der Waals surface area contributed by atoms with Crippen molar-refractivity contribution in [3.63, 3.8) is 0 Å². The second kappa shape index (κ2) is 7.95. The van der Waals surface area contributed by atoms with Gasteiger partial charge in [0.05, 0.1) is 6.20 Å². The molecule has 3 aromatic rings. The number of para-hydroxylation sites is 1. The van der Waals surface area contributed by atoms with Gasteiger partial charge in [-0.1, -0.05) is 37.3 Å². The second-order valence-corrected chi connectivity index (χ2v) is 6.31. The Balaban J connectivity index is 1.93. The fourth-order valence-electron chi connectivity index (χ4n) is 3.03. The molecular formula is C21H25N5. The number of benzene rings is 2. The van der Waals surface area contributed by atoms with E-state index in [1.54, 1.807) is 6.20 Å². The van der Waals surface area contributed by atoms with Gasteiger partial charge in [0.2, 0.25) is 0 Å². The molecule has 1 aromatic heterocycles. The van der Waals surface area contributed by atoms with Crippen LogP contribution in [0.3, 0.4) is 0 Å². The summed E-state index contributed by atoms with van der Waals surface area (Å²) >= 11 is 0. The summed E-state index contributed by atoms with van der Waals surface area (Å²) in [6, 6.07) is 14.6. The highest BCUT2D eigenvalue weighted by Crippen LogP contribution is 2.26. The van der Waals surface area contributed by atoms with Crippen molar-refractivity contribution in [3.8, 4) is 0 Å². The van der Waals surface area contributed by atoms with Crippen molar-refractivity contribution in [2.45, 2.75) is 34.1 Å². The van der Waals surface area contributed by atoms with E-state index in [9.17, 15) is 0 Å². The van der Waals surface area contributed by atoms with Crippen LogP contribution in [0.4, 0.5) is 23.1 Å². The average Bonchev–Trinajstić information content (AvgIpc) is 2.64. The minimum atomic E-state index is 0.592. The summed E-state index contributed by atoms with van der Waals surface area (Å²) in [4.78, 5) is 6.76. The molecule has 3 rings (SSSR count). The largest absolute Gasteiger partial charge is 0.338 e. The minimum Gasteiger partial charge on any atom is -0.338 e. The zero-order chi connectivity index (χ0) is 18.5. The van der Waals surface area contributed by atoms with Gasteiger partial charge in [-0.3, -0.25) is 0 Å². The van der Waals surface area contributed by atoms with E-state index in [0.717, 1.165) is 24.3 Å². The average molecular weight is 347 g/mol. The summed E-state index contributed by atoms with van der Waals surface area (Å²) in [5, 5.41) is 11.8. The lowest BCUT2D eigenvalue weighted by Gasteiger charge is -2.21. The predicted octanol–water partition coefficient (Wildman–Crippen LogP) is 4.95. The van der Waals surface area contributed by atoms with Crippen LogP contribution in [0.5, 0.6) is 0 Å². The van der Waals surface area contributed by atoms with Crippen LogP contribution < -0.4 is 10.2 Å². The van der Waals surface area contributed by atoms with E-state index in [4.69, 9.17) is 4.98 Å². The molecule has 5 heteroatoms. The smallest absolute Gasteiger partial charge is 0.251 e. The molecule has 2 aromatic carbocycles. The number of anilines is 4. The highest BCUT2D eigenvalue weighted by atomic mass is 15.3. The van der Waals surface area contributed by atoms with Crippen LogP contribution in [0.2, 0.25) is 0 Å². The van der Waals surface area contributed by atoms with Gasteiger partial charge in [0.1, 0.15) is 0 Å². The monoisotopic (exact) mass is 347 g/mol. The summed E-state index contributed by atoms with van der Waals surface area (Å²) in [7, 11) is 0. The van der Waals surface area contributed by atoms with Gasteiger partial charge in [-0.2, -0.15) is 10.1 Å². The molecule has 0 unspecified atom stereocenters. The molecule has 1 N–H and O–H groups in total. The molecular weight excluding hydrogens is 322 g/mol. The summed E-state index contributed by atoms with van der Waals surface area (Å²) in [5.74, 6) is 1.29. The Hall–Kier alpha value is -2.95. The van der Waals surface area contributed by atoms with Crippen molar-refractivity contribution in [2.75, 3.05) is 16.8 Å². The standard InChI is InChI=1S/C21H25N5/c1-5-17-11-8-10-16(4)20(17)23-19-14-22-25-21(24-19)26(6-2)18-12-7-9-15(3)13-18/h7-14H,5-6H2,1-4H3,(H,23,24,25). The van der Waals surface area contributed by atoms with E-state index in [-0.39, 0.29) is 0 Å². The molecule has 0 saturated heterocycles. The maximum Gasteiger partial charge on any atom is 0.251 e. The molecule has 0 fully saturated rings. The first-order chi connectivity index (χ1) is 12.6. The highest BCUT2D eigenvalue weighted by Gasteiger charge is 2.13. The SMILES string of the molecule is CCc1cccc(C)c1Nc1cnnc(N(CC)c2cccc(C)c2)n1. The Labute approximate surface area is 155 Å². The maximum absolute atomic E-state index is 4.70. The molecule has 0 saturated carbocycles. The van der Waals surface area contributed by atoms with Crippen LogP contribution >= 0.6 is 0 Å². The van der Waals surface area contributed by atoms with Gasteiger partial charge in [-0.05, 0) is 56.0 Å². The van der Waals surface area contributed by atoms with E-state index >= 15 is 0 Å². The number of nitrogens with zero attached hydrogens (tertiary/aromatic N) is 4. The lowest BCUT2D eigenvalue weighted by Crippen LogP contribution is -2.20. The van der Waals surface area contributed by atoms with Crippen LogP contribution in [-0.2, 0) is 6.42 Å². The molecule has 0 aliphatic rings. The molecule has 0 aliphatic heterocycles. The number of nitrogens with one attached hydrogen (secondary N) is 1. The number of aryl methyl sites for hydroxylation is 3. The lowest BCUT2D eigenvalue weighted by molar-refractivity contribution is 0.886. The summed E-state index contributed by atoms with van der Waals surface area (Å²) in [6.45, 7) is 9.18. The fraction of sp³-hybridized carbons (Fsp3) is 0.286. The minimum absolute atomic E-state index is 0.592. The van der Waals surface area contributed by atoms with Gasteiger partial charge in [0.15, 0.2) is 5.82 Å². The van der Waals surface area contributed by atoms with Gasteiger partial charge in [0.25, 0.3) is 5.95 Å². The quantitative estimate of drug-likeness (QED) is 0.683. The van der Waals surface area contributed by atoms with E-state index in [1.807, 2.05) is 6.07 Å². The van der Waals surface area contributed by atoms with Crippen molar-refractivity contribution < 1.29 is 0 Å². The molecule has 1 heterocycles. The first kappa shape index (κ1) is 17.9. The summed E-state index contributed by atoms with van der Waals surface area (Å²) in [6.07, 6.45) is 2.62. The Kier molecular flexibility index (Phi) is 5.46. The predicted molar refractivity (Wildman–Crippen MR) is 108 cm³/mol. The maximum atomic E-state index is 4.70. The number of aromatic nitrogens is 3. The van der Waals surface area contributed by atoms with Crippen LogP contribution in [0.15, 0.2) is 48.7 Å². The third kappa shape index (κ3) is 3.82. The molecule has 0 atom stereocenters. The van der Waals surface area contributed by atoms with Crippen LogP contribution in [0.1, 0.15) is 30.5 Å². The van der Waals surface area contributed by atoms with Crippen LogP contribution in [-0.4, -0.2) is 21.7 Å². The third-order valence-corrected chi connectivity index (χ3v) is 4.41. The van der Waals surface area contributed by atoms with Crippen molar-refractivity contribution >= 4 is 23.1 Å². The van der Waals surface area contributed by atoms with Gasteiger partial charge < -0.3 is 10.2 Å². The molecule has 0 amide bonds. The highest BCUT2D eigenvalue weighted by molar-refractivity contribution is 5.66. The van der Waals surface area contributed by atoms with Gasteiger partial charge >= 0.3 is 0 Å². The summed E-state index contributed by atoms with van der Waals surface area (Å²) in [5.41, 5.74) is 5.82. The van der Waals surface area contributed by atoms with Crippen molar-refractivity contribution in [1.82, 2.24) is 15.2 Å². The molecule has 0 spiro atoms. The second-order valence-electron chi connectivity index (χ2n) is 6.31. The Bertz CT molecular complexity index is 891. The zero-order valence-corrected chi connectivity index (χ0v) is 15.8. The Morgan fingerprint density at radius 3 is 2.58 bits per heavy atom. The van der Waals surface area contributed by atoms with Gasteiger partial charge in [-0.25, -0.2) is 0 Å². The van der Waals surface area contributed by atoms with Gasteiger partial charge in [-0.15, -0.1) is 5.10 Å².